The summed E-state index contributed by atoms with van der Waals surface area (Å²) in [4.78, 5) is 12.5. The number of rotatable bonds is 7. The van der Waals surface area contributed by atoms with Crippen molar-refractivity contribution >= 4 is 5.97 Å². The summed E-state index contributed by atoms with van der Waals surface area (Å²) in [5.74, 6) is -0.0664. The van der Waals surface area contributed by atoms with Gasteiger partial charge in [0, 0.05) is 0 Å². The first-order valence-electron chi connectivity index (χ1n) is 8.46. The molecule has 122 valence electrons. The van der Waals surface area contributed by atoms with Crippen molar-refractivity contribution in [1.82, 2.24) is 0 Å². The molecule has 1 aromatic carbocycles. The van der Waals surface area contributed by atoms with Crippen LogP contribution in [0.5, 0.6) is 0 Å². The Balaban J connectivity index is 2.06. The molecule has 0 aromatic heterocycles. The van der Waals surface area contributed by atoms with Gasteiger partial charge >= 0.3 is 5.97 Å². The van der Waals surface area contributed by atoms with Crippen molar-refractivity contribution in [2.45, 2.75) is 65.6 Å². The number of carbonyl (C=O) groups is 1. The van der Waals surface area contributed by atoms with Crippen LogP contribution in [0, 0.1) is 12.3 Å². The van der Waals surface area contributed by atoms with Gasteiger partial charge in [0.05, 0.1) is 24.7 Å². The molecule has 1 aliphatic rings. The van der Waals surface area contributed by atoms with Crippen molar-refractivity contribution in [1.29, 1.82) is 0 Å². The van der Waals surface area contributed by atoms with Crippen LogP contribution in [0.2, 0.25) is 0 Å². The number of aryl methyl sites for hydroxylation is 1. The molecule has 3 nitrogen and oxygen atoms in total. The molecule has 0 heterocycles. The van der Waals surface area contributed by atoms with Gasteiger partial charge in [-0.1, -0.05) is 43.2 Å². The summed E-state index contributed by atoms with van der Waals surface area (Å²) in [6.45, 7) is 7.07. The quantitative estimate of drug-likeness (QED) is 0.700. The molecule has 0 spiro atoms. The number of hydrogen-bond acceptors (Lipinski definition) is 3. The average Bonchev–Trinajstić information content (AvgIpc) is 2.91. The Bertz CT molecular complexity index is 480. The second kappa shape index (κ2) is 7.77. The van der Waals surface area contributed by atoms with Crippen LogP contribution >= 0.6 is 0 Å². The summed E-state index contributed by atoms with van der Waals surface area (Å²) < 4.78 is 11.5. The van der Waals surface area contributed by atoms with Crippen molar-refractivity contribution in [3.8, 4) is 0 Å². The van der Waals surface area contributed by atoms with Gasteiger partial charge < -0.3 is 9.47 Å². The van der Waals surface area contributed by atoms with Crippen LogP contribution in [-0.4, -0.2) is 18.7 Å². The zero-order valence-corrected chi connectivity index (χ0v) is 14.1. The lowest BCUT2D eigenvalue weighted by atomic mass is 9.79. The summed E-state index contributed by atoms with van der Waals surface area (Å²) in [5.41, 5.74) is 1.97. The van der Waals surface area contributed by atoms with Gasteiger partial charge in [0.25, 0.3) is 0 Å². The van der Waals surface area contributed by atoms with E-state index >= 15 is 0 Å². The summed E-state index contributed by atoms with van der Waals surface area (Å²) in [6, 6.07) is 8.38. The van der Waals surface area contributed by atoms with Gasteiger partial charge in [0.2, 0.25) is 0 Å². The van der Waals surface area contributed by atoms with Crippen molar-refractivity contribution in [3.05, 3.63) is 35.4 Å². The summed E-state index contributed by atoms with van der Waals surface area (Å²) in [6.07, 6.45) is 4.68. The van der Waals surface area contributed by atoms with Gasteiger partial charge in [-0.05, 0) is 45.1 Å². The van der Waals surface area contributed by atoms with Crippen LogP contribution in [0.15, 0.2) is 24.3 Å². The molecule has 2 atom stereocenters. The Morgan fingerprint density at radius 3 is 2.64 bits per heavy atom. The van der Waals surface area contributed by atoms with Gasteiger partial charge in [-0.25, -0.2) is 0 Å². The molecule has 2 unspecified atom stereocenters. The highest BCUT2D eigenvalue weighted by molar-refractivity contribution is 5.78. The highest BCUT2D eigenvalue weighted by Crippen LogP contribution is 2.45. The first-order chi connectivity index (χ1) is 10.6. The third-order valence-electron chi connectivity index (χ3n) is 4.66. The minimum atomic E-state index is -0.435. The van der Waals surface area contributed by atoms with Gasteiger partial charge in [0.15, 0.2) is 0 Å². The van der Waals surface area contributed by atoms with Crippen molar-refractivity contribution < 1.29 is 14.3 Å². The monoisotopic (exact) mass is 304 g/mol. The molecule has 22 heavy (non-hydrogen) atoms. The maximum atomic E-state index is 12.5. The Labute approximate surface area is 134 Å². The SMILES string of the molecule is CCCC1(C(=O)OCC)CCCC1OCc1ccc(C)cc1. The Hall–Kier alpha value is -1.35. The molecule has 1 fully saturated rings. The Morgan fingerprint density at radius 2 is 2.00 bits per heavy atom. The molecule has 2 rings (SSSR count). The fraction of sp³-hybridized carbons (Fsp3) is 0.632. The van der Waals surface area contributed by atoms with Crippen molar-refractivity contribution in [2.75, 3.05) is 6.61 Å². The van der Waals surface area contributed by atoms with Crippen LogP contribution in [0.25, 0.3) is 0 Å². The smallest absolute Gasteiger partial charge is 0.314 e. The minimum Gasteiger partial charge on any atom is -0.465 e. The molecule has 1 aliphatic carbocycles. The molecule has 0 bridgehead atoms. The molecular formula is C19H28O3. The number of benzene rings is 1. The van der Waals surface area contributed by atoms with E-state index in [0.29, 0.717) is 13.2 Å². The first-order valence-corrected chi connectivity index (χ1v) is 8.46. The second-order valence-corrected chi connectivity index (χ2v) is 6.30. The minimum absolute atomic E-state index is 0.0206. The van der Waals surface area contributed by atoms with Crippen LogP contribution in [0.3, 0.4) is 0 Å². The zero-order chi connectivity index (χ0) is 16.0. The highest BCUT2D eigenvalue weighted by atomic mass is 16.5. The highest BCUT2D eigenvalue weighted by Gasteiger charge is 2.50. The maximum Gasteiger partial charge on any atom is 0.314 e. The Kier molecular flexibility index (Phi) is 6.01. The predicted octanol–water partition coefficient (Wildman–Crippen LogP) is 4.41. The lowest BCUT2D eigenvalue weighted by molar-refractivity contribution is -0.165. The topological polar surface area (TPSA) is 35.5 Å². The number of carbonyl (C=O) groups excluding carboxylic acids is 1. The summed E-state index contributed by atoms with van der Waals surface area (Å²) in [7, 11) is 0. The van der Waals surface area contributed by atoms with E-state index in [1.54, 1.807) is 0 Å². The molecule has 0 saturated heterocycles. The van der Waals surface area contributed by atoms with Crippen molar-refractivity contribution in [2.24, 2.45) is 5.41 Å². The van der Waals surface area contributed by atoms with E-state index in [-0.39, 0.29) is 12.1 Å². The van der Waals surface area contributed by atoms with E-state index in [9.17, 15) is 4.79 Å². The molecule has 0 N–H and O–H groups in total. The number of ether oxygens (including phenoxy) is 2. The maximum absolute atomic E-state index is 12.5. The van der Waals surface area contributed by atoms with E-state index in [4.69, 9.17) is 9.47 Å². The van der Waals surface area contributed by atoms with Crippen LogP contribution in [-0.2, 0) is 20.9 Å². The van der Waals surface area contributed by atoms with Gasteiger partial charge in [-0.15, -0.1) is 0 Å². The lowest BCUT2D eigenvalue weighted by Gasteiger charge is -2.32. The van der Waals surface area contributed by atoms with E-state index in [1.165, 1.54) is 5.56 Å². The lowest BCUT2D eigenvalue weighted by Crippen LogP contribution is -2.41. The van der Waals surface area contributed by atoms with Gasteiger partial charge in [-0.2, -0.15) is 0 Å². The largest absolute Gasteiger partial charge is 0.465 e. The Morgan fingerprint density at radius 1 is 1.27 bits per heavy atom. The standard InChI is InChI=1S/C19H28O3/c1-4-12-19(18(20)21-5-2)13-6-7-17(19)22-14-16-10-8-15(3)9-11-16/h8-11,17H,4-7,12-14H2,1-3H3. The molecule has 0 radical (unpaired) electrons. The van der Waals surface area contributed by atoms with E-state index < -0.39 is 5.41 Å². The molecule has 0 aliphatic heterocycles. The second-order valence-electron chi connectivity index (χ2n) is 6.30. The summed E-state index contributed by atoms with van der Waals surface area (Å²) >= 11 is 0. The van der Waals surface area contributed by atoms with Crippen LogP contribution in [0.1, 0.15) is 57.1 Å². The molecule has 3 heteroatoms. The average molecular weight is 304 g/mol. The molecule has 1 aromatic rings. The number of esters is 1. The normalized spacial score (nSPS) is 24.4. The third-order valence-corrected chi connectivity index (χ3v) is 4.66. The van der Waals surface area contributed by atoms with Gasteiger partial charge in [-0.3, -0.25) is 4.79 Å². The van der Waals surface area contributed by atoms with Crippen LogP contribution in [0.4, 0.5) is 0 Å². The zero-order valence-electron chi connectivity index (χ0n) is 14.1. The fourth-order valence-corrected chi connectivity index (χ4v) is 3.51. The first kappa shape index (κ1) is 17.0. The van der Waals surface area contributed by atoms with Gasteiger partial charge in [0.1, 0.15) is 0 Å². The molecule has 0 amide bonds. The molecule has 1 saturated carbocycles. The van der Waals surface area contributed by atoms with Crippen molar-refractivity contribution in [3.63, 3.8) is 0 Å². The molecular weight excluding hydrogens is 276 g/mol. The summed E-state index contributed by atoms with van der Waals surface area (Å²) in [5, 5.41) is 0. The van der Waals surface area contributed by atoms with Crippen LogP contribution < -0.4 is 0 Å². The number of hydrogen-bond donors (Lipinski definition) is 0. The van der Waals surface area contributed by atoms with E-state index in [1.807, 2.05) is 6.92 Å². The predicted molar refractivity (Wildman–Crippen MR) is 87.6 cm³/mol. The van der Waals surface area contributed by atoms with E-state index in [0.717, 1.165) is 37.7 Å². The third kappa shape index (κ3) is 3.70. The fourth-order valence-electron chi connectivity index (χ4n) is 3.51. The van der Waals surface area contributed by atoms with E-state index in [2.05, 4.69) is 38.1 Å².